The minimum atomic E-state index is -0.274. The molecule has 4 nitrogen and oxygen atoms in total. The Labute approximate surface area is 160 Å². The lowest BCUT2D eigenvalue weighted by atomic mass is 9.86. The van der Waals surface area contributed by atoms with Crippen LogP contribution in [0.2, 0.25) is 0 Å². The van der Waals surface area contributed by atoms with Crippen molar-refractivity contribution in [2.45, 2.75) is 57.2 Å². The van der Waals surface area contributed by atoms with Gasteiger partial charge in [-0.15, -0.1) is 0 Å². The van der Waals surface area contributed by atoms with E-state index in [9.17, 15) is 0 Å². The summed E-state index contributed by atoms with van der Waals surface area (Å²) in [5.74, 6) is 1.96. The number of nitrogens with zero attached hydrogens (tertiary/aromatic N) is 2. The lowest BCUT2D eigenvalue weighted by Gasteiger charge is -2.49. The molecule has 1 saturated carbocycles. The molecular weight excluding hydrogens is 336 g/mol. The maximum Gasteiger partial charge on any atom is 0.198 e. The fourth-order valence-electron chi connectivity index (χ4n) is 4.75. The van der Waals surface area contributed by atoms with E-state index in [2.05, 4.69) is 41.4 Å². The van der Waals surface area contributed by atoms with Crippen molar-refractivity contribution < 1.29 is 9.47 Å². The Morgan fingerprint density at radius 3 is 2.63 bits per heavy atom. The fraction of sp³-hybridized carbons (Fsp3) is 0.435. The highest BCUT2D eigenvalue weighted by Crippen LogP contribution is 2.51. The van der Waals surface area contributed by atoms with Crippen molar-refractivity contribution in [1.82, 2.24) is 5.01 Å². The van der Waals surface area contributed by atoms with Crippen LogP contribution in [0.5, 0.6) is 11.5 Å². The van der Waals surface area contributed by atoms with Gasteiger partial charge in [0.15, 0.2) is 5.72 Å². The van der Waals surface area contributed by atoms with Crippen LogP contribution in [0.4, 0.5) is 0 Å². The van der Waals surface area contributed by atoms with Gasteiger partial charge in [-0.25, -0.2) is 5.01 Å². The first-order valence-electron chi connectivity index (χ1n) is 10.2. The highest BCUT2D eigenvalue weighted by molar-refractivity contribution is 6.02. The minimum Gasteiger partial charge on any atom is -0.494 e. The molecule has 1 aliphatic carbocycles. The average Bonchev–Trinajstić information content (AvgIpc) is 3.17. The molecule has 1 spiro atoms. The van der Waals surface area contributed by atoms with Gasteiger partial charge >= 0.3 is 0 Å². The SMILES string of the molecule is CCOc1ccc(C2=NN3[C@H](C2)c2ccccc2OC32CCCCC2)cc1. The lowest BCUT2D eigenvalue weighted by molar-refractivity contribution is -0.140. The molecular formula is C23H26N2O2. The summed E-state index contributed by atoms with van der Waals surface area (Å²) >= 11 is 0. The zero-order valence-corrected chi connectivity index (χ0v) is 15.9. The van der Waals surface area contributed by atoms with Gasteiger partial charge in [-0.1, -0.05) is 24.6 Å². The molecule has 0 saturated heterocycles. The van der Waals surface area contributed by atoms with Gasteiger partial charge in [-0.2, -0.15) is 5.10 Å². The Balaban J connectivity index is 1.52. The Morgan fingerprint density at radius 1 is 1.07 bits per heavy atom. The van der Waals surface area contributed by atoms with E-state index in [-0.39, 0.29) is 11.8 Å². The van der Waals surface area contributed by atoms with Gasteiger partial charge in [0.25, 0.3) is 0 Å². The average molecular weight is 362 g/mol. The third-order valence-corrected chi connectivity index (χ3v) is 6.04. The first-order valence-corrected chi connectivity index (χ1v) is 10.2. The van der Waals surface area contributed by atoms with Crippen molar-refractivity contribution >= 4 is 5.71 Å². The van der Waals surface area contributed by atoms with Crippen LogP contribution in [0.1, 0.15) is 62.6 Å². The van der Waals surface area contributed by atoms with E-state index in [0.717, 1.165) is 36.5 Å². The monoisotopic (exact) mass is 362 g/mol. The van der Waals surface area contributed by atoms with Gasteiger partial charge in [-0.05, 0) is 55.7 Å². The molecule has 2 aromatic rings. The number of benzene rings is 2. The Bertz CT molecular complexity index is 853. The summed E-state index contributed by atoms with van der Waals surface area (Å²) in [4.78, 5) is 0. The standard InChI is InChI=1S/C23H26N2O2/c1-2-26-18-12-10-17(11-13-18)20-16-21-19-8-4-5-9-22(19)27-23(25(21)24-20)14-6-3-7-15-23/h4-5,8-13,21H,2-3,6-7,14-16H2,1H3/t21-/m1/s1. The van der Waals surface area contributed by atoms with E-state index >= 15 is 0 Å². The predicted molar refractivity (Wildman–Crippen MR) is 106 cm³/mol. The normalized spacial score (nSPS) is 22.6. The van der Waals surface area contributed by atoms with Gasteiger partial charge in [0.05, 0.1) is 18.4 Å². The number of hydrogen-bond acceptors (Lipinski definition) is 4. The second-order valence-electron chi connectivity index (χ2n) is 7.72. The molecule has 1 fully saturated rings. The summed E-state index contributed by atoms with van der Waals surface area (Å²) in [5.41, 5.74) is 3.31. The van der Waals surface area contributed by atoms with Crippen molar-refractivity contribution in [3.05, 3.63) is 59.7 Å². The maximum atomic E-state index is 6.61. The van der Waals surface area contributed by atoms with Crippen LogP contribution >= 0.6 is 0 Å². The molecule has 0 unspecified atom stereocenters. The smallest absolute Gasteiger partial charge is 0.198 e. The van der Waals surface area contributed by atoms with Crippen LogP contribution < -0.4 is 9.47 Å². The van der Waals surface area contributed by atoms with Crippen LogP contribution in [0, 0.1) is 0 Å². The van der Waals surface area contributed by atoms with Crippen LogP contribution in [0.3, 0.4) is 0 Å². The molecule has 140 valence electrons. The van der Waals surface area contributed by atoms with Gasteiger partial charge in [-0.3, -0.25) is 0 Å². The van der Waals surface area contributed by atoms with Crippen LogP contribution in [0.25, 0.3) is 0 Å². The number of hydrazone groups is 1. The van der Waals surface area contributed by atoms with E-state index < -0.39 is 0 Å². The number of para-hydroxylation sites is 1. The molecule has 0 radical (unpaired) electrons. The summed E-state index contributed by atoms with van der Waals surface area (Å²) in [6, 6.07) is 17.1. The topological polar surface area (TPSA) is 34.1 Å². The highest BCUT2D eigenvalue weighted by Gasteiger charge is 2.50. The minimum absolute atomic E-state index is 0.273. The quantitative estimate of drug-likeness (QED) is 0.744. The van der Waals surface area contributed by atoms with Crippen molar-refractivity contribution in [1.29, 1.82) is 0 Å². The van der Waals surface area contributed by atoms with Crippen molar-refractivity contribution in [2.24, 2.45) is 5.10 Å². The second-order valence-corrected chi connectivity index (χ2v) is 7.72. The first-order chi connectivity index (χ1) is 13.3. The molecule has 2 heterocycles. The maximum absolute atomic E-state index is 6.61. The molecule has 0 N–H and O–H groups in total. The molecule has 2 aromatic carbocycles. The molecule has 27 heavy (non-hydrogen) atoms. The zero-order chi connectivity index (χ0) is 18.3. The third kappa shape index (κ3) is 2.78. The molecule has 1 atom stereocenters. The number of fused-ring (bicyclic) bond motifs is 4. The summed E-state index contributed by atoms with van der Waals surface area (Å²) < 4.78 is 12.2. The van der Waals surface area contributed by atoms with E-state index in [4.69, 9.17) is 14.6 Å². The number of ether oxygens (including phenoxy) is 2. The third-order valence-electron chi connectivity index (χ3n) is 6.04. The second kappa shape index (κ2) is 6.59. The Kier molecular flexibility index (Phi) is 4.07. The van der Waals surface area contributed by atoms with Crippen molar-refractivity contribution in [3.8, 4) is 11.5 Å². The molecule has 2 aliphatic heterocycles. The summed E-state index contributed by atoms with van der Waals surface area (Å²) in [6.45, 7) is 2.70. The van der Waals surface area contributed by atoms with Crippen molar-refractivity contribution in [3.63, 3.8) is 0 Å². The lowest BCUT2D eigenvalue weighted by Crippen LogP contribution is -2.54. The molecule has 4 heteroatoms. The van der Waals surface area contributed by atoms with E-state index in [1.165, 1.54) is 30.4 Å². The first kappa shape index (κ1) is 16.7. The summed E-state index contributed by atoms with van der Waals surface area (Å²) in [7, 11) is 0. The molecule has 3 aliphatic rings. The summed E-state index contributed by atoms with van der Waals surface area (Å²) in [5, 5.41) is 7.41. The molecule has 5 rings (SSSR count). The van der Waals surface area contributed by atoms with E-state index in [1.807, 2.05) is 19.1 Å². The highest BCUT2D eigenvalue weighted by atomic mass is 16.5. The van der Waals surface area contributed by atoms with E-state index in [1.54, 1.807) is 0 Å². The Hall–Kier alpha value is -2.49. The Morgan fingerprint density at radius 2 is 1.85 bits per heavy atom. The summed E-state index contributed by atoms with van der Waals surface area (Å²) in [6.07, 6.45) is 6.74. The molecule has 0 bridgehead atoms. The molecule has 0 amide bonds. The van der Waals surface area contributed by atoms with E-state index in [0.29, 0.717) is 6.61 Å². The van der Waals surface area contributed by atoms with Crippen LogP contribution in [0.15, 0.2) is 53.6 Å². The van der Waals surface area contributed by atoms with Crippen molar-refractivity contribution in [2.75, 3.05) is 6.61 Å². The number of rotatable bonds is 3. The van der Waals surface area contributed by atoms with Gasteiger partial charge < -0.3 is 9.47 Å². The van der Waals surface area contributed by atoms with Crippen LogP contribution in [-0.4, -0.2) is 23.1 Å². The largest absolute Gasteiger partial charge is 0.494 e. The zero-order valence-electron chi connectivity index (χ0n) is 15.9. The van der Waals surface area contributed by atoms with Gasteiger partial charge in [0, 0.05) is 24.8 Å². The van der Waals surface area contributed by atoms with Crippen LogP contribution in [-0.2, 0) is 0 Å². The number of hydrogen-bond donors (Lipinski definition) is 0. The van der Waals surface area contributed by atoms with Gasteiger partial charge in [0.1, 0.15) is 11.5 Å². The predicted octanol–water partition coefficient (Wildman–Crippen LogP) is 5.29. The molecule has 0 aromatic heterocycles. The van der Waals surface area contributed by atoms with Gasteiger partial charge in [0.2, 0.25) is 0 Å². The fourth-order valence-corrected chi connectivity index (χ4v) is 4.75.